The number of para-hydroxylation sites is 1. The van der Waals surface area contributed by atoms with Crippen LogP contribution in [0.5, 0.6) is 11.5 Å². The smallest absolute Gasteiger partial charge is 0.243 e. The van der Waals surface area contributed by atoms with Crippen LogP contribution >= 0.6 is 0 Å². The van der Waals surface area contributed by atoms with Crippen molar-refractivity contribution < 1.29 is 27.0 Å². The van der Waals surface area contributed by atoms with Gasteiger partial charge in [-0.05, 0) is 50.1 Å². The molecule has 3 aromatic heterocycles. The second-order valence-electron chi connectivity index (χ2n) is 8.54. The second kappa shape index (κ2) is 11.6. The van der Waals surface area contributed by atoms with E-state index in [4.69, 9.17) is 18.6 Å². The van der Waals surface area contributed by atoms with E-state index in [0.717, 1.165) is 5.56 Å². The summed E-state index contributed by atoms with van der Waals surface area (Å²) < 4.78 is 53.7. The highest BCUT2D eigenvalue weighted by Gasteiger charge is 2.31. The Labute approximate surface area is 221 Å². The topological polar surface area (TPSA) is 143 Å². The van der Waals surface area contributed by atoms with Crippen molar-refractivity contribution in [2.45, 2.75) is 31.9 Å². The van der Waals surface area contributed by atoms with Crippen LogP contribution in [0.25, 0.3) is 17.3 Å². The van der Waals surface area contributed by atoms with E-state index < -0.39 is 15.3 Å². The maximum absolute atomic E-state index is 13.7. The molecule has 1 atom stereocenters. The molecule has 38 heavy (non-hydrogen) atoms. The Hall–Kier alpha value is -3.97. The molecule has 1 aromatic carbocycles. The van der Waals surface area contributed by atoms with E-state index in [1.54, 1.807) is 49.6 Å². The van der Waals surface area contributed by atoms with Crippen LogP contribution < -0.4 is 14.2 Å². The van der Waals surface area contributed by atoms with Gasteiger partial charge in [-0.1, -0.05) is 6.07 Å². The summed E-state index contributed by atoms with van der Waals surface area (Å²) in [5.41, 5.74) is 1.28. The van der Waals surface area contributed by atoms with Crippen molar-refractivity contribution in [3.63, 3.8) is 0 Å². The predicted molar refractivity (Wildman–Crippen MR) is 140 cm³/mol. The lowest BCUT2D eigenvalue weighted by Crippen LogP contribution is -2.32. The van der Waals surface area contributed by atoms with Gasteiger partial charge in [-0.25, -0.2) is 18.4 Å². The fraction of sp³-hybridized carbons (Fsp3) is 0.360. The minimum absolute atomic E-state index is 0.0657. The van der Waals surface area contributed by atoms with Crippen LogP contribution in [0.15, 0.2) is 47.1 Å². The van der Waals surface area contributed by atoms with Crippen molar-refractivity contribution in [3.05, 3.63) is 59.9 Å². The number of rotatable bonds is 12. The summed E-state index contributed by atoms with van der Waals surface area (Å²) in [6.07, 6.45) is 3.59. The number of ether oxygens (including phenoxy) is 3. The summed E-state index contributed by atoms with van der Waals surface area (Å²) >= 11 is 0. The molecule has 0 saturated heterocycles. The van der Waals surface area contributed by atoms with Crippen LogP contribution in [-0.4, -0.2) is 66.3 Å². The number of hydrogen-bond donors (Lipinski definition) is 1. The number of aryl methyl sites for hydroxylation is 2. The predicted octanol–water partition coefficient (Wildman–Crippen LogP) is 3.34. The van der Waals surface area contributed by atoms with E-state index in [-0.39, 0.29) is 31.2 Å². The largest absolute Gasteiger partial charge is 0.494 e. The van der Waals surface area contributed by atoms with Gasteiger partial charge in [0.1, 0.15) is 28.8 Å². The number of hydrogen-bond acceptors (Lipinski definition) is 10. The fourth-order valence-electron chi connectivity index (χ4n) is 3.88. The summed E-state index contributed by atoms with van der Waals surface area (Å²) in [7, 11) is 0.492. The summed E-state index contributed by atoms with van der Waals surface area (Å²) in [5, 5.41) is 7.53. The van der Waals surface area contributed by atoms with E-state index in [1.165, 1.54) is 25.9 Å². The van der Waals surface area contributed by atoms with Gasteiger partial charge in [-0.15, -0.1) is 10.2 Å². The number of furan rings is 1. The first kappa shape index (κ1) is 27.1. The standard InChI is InChI=1S/C25H30N6O6S/c1-16-14-26-22(27-15-16)13-18(11-12-34-3)38(32,33)30-25-29-28-24(21-10-9-17(2)37-21)31(25)23-19(35-4)7-6-8-20(23)36-5/h6-10,14-15,18H,11-13H2,1-5H3,(H,29,30)/t18-/m0/s1. The SMILES string of the molecule is COCC[C@@H](Cc1ncc(C)cn1)S(=O)(=O)Nc1nnc(-c2ccc(C)o2)n1-c1c(OC)cccc1OC. The molecule has 4 rings (SSSR count). The number of aromatic nitrogens is 5. The molecule has 0 spiro atoms. The Bertz CT molecular complexity index is 1460. The molecule has 0 aliphatic rings. The molecule has 4 aromatic rings. The van der Waals surface area contributed by atoms with Gasteiger partial charge in [0.2, 0.25) is 21.8 Å². The summed E-state index contributed by atoms with van der Waals surface area (Å²) in [6, 6.07) is 8.72. The number of sulfonamides is 1. The average Bonchev–Trinajstić information content (AvgIpc) is 3.52. The summed E-state index contributed by atoms with van der Waals surface area (Å²) in [5.74, 6) is 2.47. The lowest BCUT2D eigenvalue weighted by Gasteiger charge is -2.20. The third kappa shape index (κ3) is 5.78. The first-order valence-electron chi connectivity index (χ1n) is 11.8. The van der Waals surface area contributed by atoms with Gasteiger partial charge in [-0.2, -0.15) is 0 Å². The first-order chi connectivity index (χ1) is 18.3. The lowest BCUT2D eigenvalue weighted by molar-refractivity contribution is 0.193. The molecule has 0 fully saturated rings. The molecule has 3 heterocycles. The van der Waals surface area contributed by atoms with Crippen molar-refractivity contribution in [3.8, 4) is 28.8 Å². The van der Waals surface area contributed by atoms with Gasteiger partial charge >= 0.3 is 0 Å². The van der Waals surface area contributed by atoms with Crippen LogP contribution in [-0.2, 0) is 21.2 Å². The van der Waals surface area contributed by atoms with Crippen molar-refractivity contribution in [2.75, 3.05) is 32.7 Å². The van der Waals surface area contributed by atoms with Gasteiger partial charge in [0, 0.05) is 32.5 Å². The molecule has 0 radical (unpaired) electrons. The number of methoxy groups -OCH3 is 3. The zero-order chi connectivity index (χ0) is 27.3. The molecule has 0 aliphatic carbocycles. The quantitative estimate of drug-likeness (QED) is 0.283. The minimum Gasteiger partial charge on any atom is -0.494 e. The second-order valence-corrected chi connectivity index (χ2v) is 10.5. The molecular weight excluding hydrogens is 512 g/mol. The lowest BCUT2D eigenvalue weighted by atomic mass is 10.2. The maximum atomic E-state index is 13.7. The Morgan fingerprint density at radius 3 is 2.26 bits per heavy atom. The van der Waals surface area contributed by atoms with E-state index in [9.17, 15) is 8.42 Å². The van der Waals surface area contributed by atoms with E-state index >= 15 is 0 Å². The third-order valence-corrected chi connectivity index (χ3v) is 7.56. The van der Waals surface area contributed by atoms with E-state index in [0.29, 0.717) is 34.5 Å². The molecule has 12 nitrogen and oxygen atoms in total. The molecule has 0 saturated carbocycles. The Balaban J connectivity index is 1.81. The summed E-state index contributed by atoms with van der Waals surface area (Å²) in [6.45, 7) is 3.88. The first-order valence-corrected chi connectivity index (χ1v) is 13.3. The Kier molecular flexibility index (Phi) is 8.27. The Morgan fingerprint density at radius 1 is 1.00 bits per heavy atom. The zero-order valence-electron chi connectivity index (χ0n) is 21.8. The molecule has 202 valence electrons. The van der Waals surface area contributed by atoms with Crippen LogP contribution in [0.1, 0.15) is 23.6 Å². The summed E-state index contributed by atoms with van der Waals surface area (Å²) in [4.78, 5) is 8.56. The van der Waals surface area contributed by atoms with Gasteiger partial charge in [0.15, 0.2) is 5.76 Å². The normalized spacial score (nSPS) is 12.3. The molecular formula is C25H30N6O6S. The highest BCUT2D eigenvalue weighted by Crippen LogP contribution is 2.38. The van der Waals surface area contributed by atoms with Crippen LogP contribution in [0, 0.1) is 13.8 Å². The number of benzene rings is 1. The van der Waals surface area contributed by atoms with Crippen LogP contribution in [0.4, 0.5) is 5.95 Å². The Morgan fingerprint density at radius 2 is 1.68 bits per heavy atom. The van der Waals surface area contributed by atoms with E-state index in [1.807, 2.05) is 6.92 Å². The highest BCUT2D eigenvalue weighted by molar-refractivity contribution is 7.93. The third-order valence-electron chi connectivity index (χ3n) is 5.81. The molecule has 0 amide bonds. The fourth-order valence-corrected chi connectivity index (χ4v) is 5.21. The zero-order valence-corrected chi connectivity index (χ0v) is 22.7. The monoisotopic (exact) mass is 542 g/mol. The van der Waals surface area contributed by atoms with Crippen molar-refractivity contribution in [1.82, 2.24) is 24.7 Å². The minimum atomic E-state index is -4.03. The van der Waals surface area contributed by atoms with Crippen molar-refractivity contribution in [1.29, 1.82) is 0 Å². The van der Waals surface area contributed by atoms with Crippen molar-refractivity contribution in [2.24, 2.45) is 0 Å². The number of nitrogens with zero attached hydrogens (tertiary/aromatic N) is 5. The van der Waals surface area contributed by atoms with Crippen molar-refractivity contribution >= 4 is 16.0 Å². The highest BCUT2D eigenvalue weighted by atomic mass is 32.2. The van der Waals surface area contributed by atoms with Gasteiger partial charge in [0.05, 0.1) is 19.5 Å². The van der Waals surface area contributed by atoms with Crippen LogP contribution in [0.2, 0.25) is 0 Å². The van der Waals surface area contributed by atoms with Gasteiger partial charge in [-0.3, -0.25) is 9.29 Å². The molecule has 13 heteroatoms. The molecule has 0 aliphatic heterocycles. The molecule has 1 N–H and O–H groups in total. The maximum Gasteiger partial charge on any atom is 0.243 e. The van der Waals surface area contributed by atoms with Gasteiger partial charge < -0.3 is 18.6 Å². The van der Waals surface area contributed by atoms with Crippen LogP contribution in [0.3, 0.4) is 0 Å². The molecule has 0 unspecified atom stereocenters. The average molecular weight is 543 g/mol. The number of anilines is 1. The van der Waals surface area contributed by atoms with E-state index in [2.05, 4.69) is 24.9 Å². The number of nitrogens with one attached hydrogen (secondary N) is 1. The van der Waals surface area contributed by atoms with Gasteiger partial charge in [0.25, 0.3) is 0 Å². The molecule has 0 bridgehead atoms.